The average Bonchev–Trinajstić information content (AvgIpc) is 2.58. The van der Waals surface area contributed by atoms with Gasteiger partial charge in [0.05, 0.1) is 0 Å². The van der Waals surface area contributed by atoms with Gasteiger partial charge in [0.1, 0.15) is 0 Å². The molecule has 0 spiro atoms. The van der Waals surface area contributed by atoms with E-state index < -0.39 is 19.6 Å². The van der Waals surface area contributed by atoms with Crippen LogP contribution in [0.15, 0.2) is 84.9 Å². The molecule has 0 atom stereocenters. The van der Waals surface area contributed by atoms with Crippen LogP contribution in [0.3, 0.4) is 0 Å². The number of rotatable bonds is 5. The molecule has 0 heterocycles. The third-order valence-electron chi connectivity index (χ3n) is 3.64. The number of hydrogen-bond acceptors (Lipinski definition) is 1. The summed E-state index contributed by atoms with van der Waals surface area (Å²) in [6.07, 6.45) is 0. The molecule has 1 nitrogen and oxygen atoms in total. The summed E-state index contributed by atoms with van der Waals surface area (Å²) < 4.78 is 4.57. The minimum atomic E-state index is -1.82. The van der Waals surface area contributed by atoms with Gasteiger partial charge >= 0.3 is 146 Å². The number of nitrogens with zero attached hydrogens (tertiary/aromatic N) is 1. The van der Waals surface area contributed by atoms with Crippen molar-refractivity contribution in [1.29, 1.82) is 0 Å². The summed E-state index contributed by atoms with van der Waals surface area (Å²) in [6.45, 7) is 0.993. The molecule has 2 heteroatoms. The molecule has 0 aromatic heterocycles. The van der Waals surface area contributed by atoms with Gasteiger partial charge in [-0.15, -0.1) is 0 Å². The minimum absolute atomic E-state index is 0.993. The Morgan fingerprint density at radius 3 is 1.65 bits per heavy atom. The first-order valence-corrected chi connectivity index (χ1v) is 11.3. The summed E-state index contributed by atoms with van der Waals surface area (Å²) in [7, 11) is 4.28. The fourth-order valence-corrected chi connectivity index (χ4v) is 9.09. The van der Waals surface area contributed by atoms with E-state index in [9.17, 15) is 0 Å². The van der Waals surface area contributed by atoms with Gasteiger partial charge in [-0.1, -0.05) is 0 Å². The molecular formula is C21H22NTe+. The molecule has 0 amide bonds. The maximum absolute atomic E-state index is 2.34. The van der Waals surface area contributed by atoms with Crippen LogP contribution >= 0.6 is 0 Å². The summed E-state index contributed by atoms with van der Waals surface area (Å²) in [6, 6.07) is 31.1. The molecular weight excluding hydrogens is 394 g/mol. The second-order valence-electron chi connectivity index (χ2n) is 5.78. The van der Waals surface area contributed by atoms with E-state index in [0.717, 1.165) is 6.54 Å². The van der Waals surface area contributed by atoms with E-state index in [4.69, 9.17) is 0 Å². The molecule has 3 rings (SSSR count). The van der Waals surface area contributed by atoms with Crippen molar-refractivity contribution in [2.45, 2.75) is 6.54 Å². The van der Waals surface area contributed by atoms with E-state index in [1.807, 2.05) is 0 Å². The Morgan fingerprint density at radius 2 is 1.13 bits per heavy atom. The summed E-state index contributed by atoms with van der Waals surface area (Å²) in [5.74, 6) is 0. The normalized spacial score (nSPS) is 11.1. The fraction of sp³-hybridized carbons (Fsp3) is 0.143. The molecule has 116 valence electrons. The number of hydrogen-bond donors (Lipinski definition) is 0. The van der Waals surface area contributed by atoms with Crippen molar-refractivity contribution in [2.75, 3.05) is 14.1 Å². The topological polar surface area (TPSA) is 3.24 Å². The molecule has 0 fully saturated rings. The summed E-state index contributed by atoms with van der Waals surface area (Å²) in [4.78, 5) is 2.26. The van der Waals surface area contributed by atoms with Crippen LogP contribution < -0.4 is 10.8 Å². The van der Waals surface area contributed by atoms with Crippen LogP contribution in [-0.4, -0.2) is 38.5 Å². The van der Waals surface area contributed by atoms with Crippen LogP contribution in [0.5, 0.6) is 0 Å². The van der Waals surface area contributed by atoms with Crippen LogP contribution in [0.4, 0.5) is 0 Å². The van der Waals surface area contributed by atoms with Crippen molar-refractivity contribution in [3.05, 3.63) is 90.5 Å². The van der Waals surface area contributed by atoms with E-state index in [0.29, 0.717) is 0 Å². The average molecular weight is 416 g/mol. The second kappa shape index (κ2) is 7.79. The first-order chi connectivity index (χ1) is 11.3. The summed E-state index contributed by atoms with van der Waals surface area (Å²) in [5, 5.41) is 0. The van der Waals surface area contributed by atoms with Crippen molar-refractivity contribution in [3.8, 4) is 0 Å². The monoisotopic (exact) mass is 418 g/mol. The Labute approximate surface area is 146 Å². The summed E-state index contributed by atoms with van der Waals surface area (Å²) >= 11 is -1.82. The van der Waals surface area contributed by atoms with Crippen molar-refractivity contribution < 1.29 is 0 Å². The Morgan fingerprint density at radius 1 is 0.652 bits per heavy atom. The zero-order valence-corrected chi connectivity index (χ0v) is 16.0. The molecule has 3 aromatic carbocycles. The molecule has 0 aliphatic heterocycles. The first kappa shape index (κ1) is 16.3. The van der Waals surface area contributed by atoms with Crippen LogP contribution in [0.2, 0.25) is 0 Å². The van der Waals surface area contributed by atoms with Gasteiger partial charge in [-0.2, -0.15) is 0 Å². The van der Waals surface area contributed by atoms with Gasteiger partial charge in [-0.05, 0) is 0 Å². The maximum atomic E-state index is 2.34. The van der Waals surface area contributed by atoms with E-state index in [1.165, 1.54) is 12.8 Å². The predicted octanol–water partition coefficient (Wildman–Crippen LogP) is 2.26. The molecule has 0 aliphatic rings. The third kappa shape index (κ3) is 4.03. The van der Waals surface area contributed by atoms with E-state index >= 15 is 0 Å². The molecule has 23 heavy (non-hydrogen) atoms. The molecule has 0 saturated heterocycles. The molecule has 0 bridgehead atoms. The summed E-state index contributed by atoms with van der Waals surface area (Å²) in [5.41, 5.74) is 1.46. The molecule has 3 aromatic rings. The Balaban J connectivity index is 2.14. The van der Waals surface area contributed by atoms with Gasteiger partial charge in [-0.25, -0.2) is 0 Å². The van der Waals surface area contributed by atoms with E-state index in [2.05, 4.69) is 104 Å². The Hall–Kier alpha value is -1.59. The molecule has 0 N–H and O–H groups in total. The van der Waals surface area contributed by atoms with Crippen molar-refractivity contribution >= 4 is 30.4 Å². The molecule has 0 radical (unpaired) electrons. The zero-order valence-electron chi connectivity index (χ0n) is 13.6. The predicted molar refractivity (Wildman–Crippen MR) is 101 cm³/mol. The quantitative estimate of drug-likeness (QED) is 0.578. The number of benzene rings is 3. The zero-order chi connectivity index (χ0) is 16.1. The fourth-order valence-electron chi connectivity index (χ4n) is 2.68. The van der Waals surface area contributed by atoms with Crippen molar-refractivity contribution in [1.82, 2.24) is 4.90 Å². The van der Waals surface area contributed by atoms with Crippen molar-refractivity contribution in [3.63, 3.8) is 0 Å². The van der Waals surface area contributed by atoms with E-state index in [-0.39, 0.29) is 0 Å². The SMILES string of the molecule is CN(C)Cc1ccccc1[Te+](c1ccccc1)c1ccccc1. The Kier molecular flexibility index (Phi) is 5.51. The Bertz CT molecular complexity index is 699. The van der Waals surface area contributed by atoms with Crippen LogP contribution in [0.1, 0.15) is 5.56 Å². The van der Waals surface area contributed by atoms with Gasteiger partial charge < -0.3 is 0 Å². The third-order valence-corrected chi connectivity index (χ3v) is 10.3. The standard InChI is InChI=1S/C21H22NTe/c1-22(2)17-18-11-9-10-16-21(18)23(19-12-5-3-6-13-19)20-14-7-4-8-15-20/h3-16H,17H2,1-2H3/q+1. The van der Waals surface area contributed by atoms with Gasteiger partial charge in [0.15, 0.2) is 0 Å². The van der Waals surface area contributed by atoms with Gasteiger partial charge in [0, 0.05) is 0 Å². The first-order valence-electron chi connectivity index (χ1n) is 7.83. The van der Waals surface area contributed by atoms with Crippen molar-refractivity contribution in [2.24, 2.45) is 0 Å². The molecule has 0 unspecified atom stereocenters. The van der Waals surface area contributed by atoms with E-state index in [1.54, 1.807) is 3.61 Å². The molecule has 0 aliphatic carbocycles. The molecule has 0 saturated carbocycles. The van der Waals surface area contributed by atoms with Crippen LogP contribution in [-0.2, 0) is 6.54 Å². The van der Waals surface area contributed by atoms with Crippen LogP contribution in [0.25, 0.3) is 0 Å². The van der Waals surface area contributed by atoms with Crippen LogP contribution in [0, 0.1) is 0 Å². The second-order valence-corrected chi connectivity index (χ2v) is 11.5. The van der Waals surface area contributed by atoms with Gasteiger partial charge in [-0.3, -0.25) is 0 Å². The van der Waals surface area contributed by atoms with Gasteiger partial charge in [0.25, 0.3) is 0 Å². The van der Waals surface area contributed by atoms with Gasteiger partial charge in [0.2, 0.25) is 0 Å².